The summed E-state index contributed by atoms with van der Waals surface area (Å²) in [5.74, 6) is 0.812. The first-order valence-electron chi connectivity index (χ1n) is 8.50. The quantitative estimate of drug-likeness (QED) is 0.378. The fourth-order valence-corrected chi connectivity index (χ4v) is 3.65. The number of Topliss-reactive ketones (excluding diaryl/α,β-unsaturated/α-hetero) is 1. The fourth-order valence-electron chi connectivity index (χ4n) is 2.84. The van der Waals surface area contributed by atoms with Crippen molar-refractivity contribution < 1.29 is 9.53 Å². The molecule has 1 atom stereocenters. The Morgan fingerprint density at radius 2 is 1.63 bits per heavy atom. The van der Waals surface area contributed by atoms with E-state index in [4.69, 9.17) is 4.74 Å². The number of carbonyl (C=O) groups is 1. The van der Waals surface area contributed by atoms with E-state index in [0.717, 1.165) is 25.9 Å². The standard InChI is InChI=1S/C22H19Br2NO2/c1-27-20-10-8-15(9-11-20)22(26)14-21(16-4-2-5-17(23)12-16)25-19-7-3-6-18(24)13-19/h2-13,21,25H,14H2,1H3/t21-/m1/s1. The van der Waals surface area contributed by atoms with Crippen molar-refractivity contribution in [1.29, 1.82) is 0 Å². The second-order valence-electron chi connectivity index (χ2n) is 6.12. The van der Waals surface area contributed by atoms with Crippen LogP contribution in [0, 0.1) is 0 Å². The predicted octanol–water partition coefficient (Wildman–Crippen LogP) is 6.65. The molecule has 3 aromatic carbocycles. The highest BCUT2D eigenvalue weighted by Gasteiger charge is 2.18. The smallest absolute Gasteiger partial charge is 0.165 e. The number of rotatable bonds is 7. The molecule has 0 fully saturated rings. The Balaban J connectivity index is 1.85. The first-order valence-corrected chi connectivity index (χ1v) is 10.1. The molecule has 138 valence electrons. The van der Waals surface area contributed by atoms with Gasteiger partial charge in [0.2, 0.25) is 0 Å². The molecular formula is C22H19Br2NO2. The van der Waals surface area contributed by atoms with E-state index in [1.807, 2.05) is 60.7 Å². The highest BCUT2D eigenvalue weighted by Crippen LogP contribution is 2.28. The Hall–Kier alpha value is -2.11. The largest absolute Gasteiger partial charge is 0.497 e. The van der Waals surface area contributed by atoms with Crippen LogP contribution in [0.5, 0.6) is 5.75 Å². The van der Waals surface area contributed by atoms with Crippen LogP contribution in [0.3, 0.4) is 0 Å². The first-order chi connectivity index (χ1) is 13.0. The van der Waals surface area contributed by atoms with Gasteiger partial charge >= 0.3 is 0 Å². The minimum atomic E-state index is -0.147. The van der Waals surface area contributed by atoms with Gasteiger partial charge in [-0.05, 0) is 60.2 Å². The zero-order valence-corrected chi connectivity index (χ0v) is 18.0. The van der Waals surface area contributed by atoms with E-state index < -0.39 is 0 Å². The zero-order valence-electron chi connectivity index (χ0n) is 14.8. The van der Waals surface area contributed by atoms with Crippen molar-refractivity contribution in [2.45, 2.75) is 12.5 Å². The van der Waals surface area contributed by atoms with Crippen LogP contribution in [-0.4, -0.2) is 12.9 Å². The van der Waals surface area contributed by atoms with Gasteiger partial charge in [0.15, 0.2) is 5.78 Å². The van der Waals surface area contributed by atoms with Crippen LogP contribution in [0.25, 0.3) is 0 Å². The van der Waals surface area contributed by atoms with E-state index in [9.17, 15) is 4.79 Å². The maximum absolute atomic E-state index is 12.9. The monoisotopic (exact) mass is 487 g/mol. The molecule has 3 rings (SSSR count). The van der Waals surface area contributed by atoms with Gasteiger partial charge in [0.1, 0.15) is 5.75 Å². The van der Waals surface area contributed by atoms with Crippen molar-refractivity contribution >= 4 is 43.3 Å². The number of ether oxygens (including phenoxy) is 1. The maximum atomic E-state index is 12.9. The highest BCUT2D eigenvalue weighted by molar-refractivity contribution is 9.10. The second kappa shape index (κ2) is 9.20. The van der Waals surface area contributed by atoms with Crippen LogP contribution in [0.4, 0.5) is 5.69 Å². The number of hydrogen-bond donors (Lipinski definition) is 1. The molecule has 0 unspecified atom stereocenters. The molecule has 0 saturated carbocycles. The summed E-state index contributed by atoms with van der Waals surface area (Å²) < 4.78 is 7.14. The molecule has 0 spiro atoms. The summed E-state index contributed by atoms with van der Waals surface area (Å²) in [5, 5.41) is 3.49. The topological polar surface area (TPSA) is 38.3 Å². The third-order valence-electron chi connectivity index (χ3n) is 4.22. The second-order valence-corrected chi connectivity index (χ2v) is 7.95. The van der Waals surface area contributed by atoms with E-state index in [1.54, 1.807) is 19.2 Å². The van der Waals surface area contributed by atoms with Gasteiger partial charge in [0.05, 0.1) is 13.2 Å². The minimum absolute atomic E-state index is 0.0742. The van der Waals surface area contributed by atoms with E-state index >= 15 is 0 Å². The highest BCUT2D eigenvalue weighted by atomic mass is 79.9. The van der Waals surface area contributed by atoms with Crippen LogP contribution in [0.2, 0.25) is 0 Å². The molecule has 0 aliphatic heterocycles. The summed E-state index contributed by atoms with van der Waals surface area (Å²) in [7, 11) is 1.61. The summed E-state index contributed by atoms with van der Waals surface area (Å²) in [5.41, 5.74) is 2.68. The Morgan fingerprint density at radius 1 is 0.963 bits per heavy atom. The lowest BCUT2D eigenvalue weighted by Gasteiger charge is -2.20. The van der Waals surface area contributed by atoms with Crippen molar-refractivity contribution in [1.82, 2.24) is 0 Å². The molecule has 1 N–H and O–H groups in total. The van der Waals surface area contributed by atoms with Crippen LogP contribution < -0.4 is 10.1 Å². The molecule has 0 radical (unpaired) electrons. The molecule has 0 saturated heterocycles. The van der Waals surface area contributed by atoms with Gasteiger partial charge < -0.3 is 10.1 Å². The summed E-state index contributed by atoms with van der Waals surface area (Å²) in [6.07, 6.45) is 0.343. The molecule has 27 heavy (non-hydrogen) atoms. The van der Waals surface area contributed by atoms with Crippen molar-refractivity contribution in [2.75, 3.05) is 12.4 Å². The number of ketones is 1. The van der Waals surface area contributed by atoms with E-state index in [-0.39, 0.29) is 11.8 Å². The number of halogens is 2. The predicted molar refractivity (Wildman–Crippen MR) is 117 cm³/mol. The molecule has 5 heteroatoms. The molecule has 0 amide bonds. The minimum Gasteiger partial charge on any atom is -0.497 e. The third kappa shape index (κ3) is 5.44. The average Bonchev–Trinajstić information content (AvgIpc) is 2.67. The normalized spacial score (nSPS) is 11.7. The SMILES string of the molecule is COc1ccc(C(=O)C[C@@H](Nc2cccc(Br)c2)c2cccc(Br)c2)cc1. The number of nitrogens with one attached hydrogen (secondary N) is 1. The molecule has 0 aromatic heterocycles. The van der Waals surface area contributed by atoms with Crippen molar-refractivity contribution in [3.05, 3.63) is 92.9 Å². The third-order valence-corrected chi connectivity index (χ3v) is 5.20. The molecular weight excluding hydrogens is 470 g/mol. The van der Waals surface area contributed by atoms with E-state index in [2.05, 4.69) is 37.2 Å². The van der Waals surface area contributed by atoms with Crippen LogP contribution in [0.1, 0.15) is 28.4 Å². The van der Waals surface area contributed by atoms with Gasteiger partial charge in [-0.2, -0.15) is 0 Å². The van der Waals surface area contributed by atoms with Crippen LogP contribution >= 0.6 is 31.9 Å². The Morgan fingerprint density at radius 3 is 2.26 bits per heavy atom. The Bertz CT molecular complexity index is 926. The summed E-state index contributed by atoms with van der Waals surface area (Å²) in [4.78, 5) is 12.9. The van der Waals surface area contributed by atoms with Gasteiger partial charge in [-0.1, -0.05) is 50.1 Å². The fraction of sp³-hybridized carbons (Fsp3) is 0.136. The molecule has 0 aliphatic carbocycles. The van der Waals surface area contributed by atoms with Crippen LogP contribution in [0.15, 0.2) is 81.7 Å². The zero-order chi connectivity index (χ0) is 19.2. The van der Waals surface area contributed by atoms with Crippen LogP contribution in [-0.2, 0) is 0 Å². The van der Waals surface area contributed by atoms with E-state index in [1.165, 1.54) is 0 Å². The van der Waals surface area contributed by atoms with Gasteiger partial charge in [-0.25, -0.2) is 0 Å². The van der Waals surface area contributed by atoms with Gasteiger partial charge in [-0.15, -0.1) is 0 Å². The molecule has 0 heterocycles. The molecule has 0 aliphatic rings. The van der Waals surface area contributed by atoms with Crippen molar-refractivity contribution in [2.24, 2.45) is 0 Å². The lowest BCUT2D eigenvalue weighted by atomic mass is 9.97. The van der Waals surface area contributed by atoms with Gasteiger partial charge in [-0.3, -0.25) is 4.79 Å². The number of anilines is 1. The number of methoxy groups -OCH3 is 1. The lowest BCUT2D eigenvalue weighted by molar-refractivity contribution is 0.0976. The molecule has 0 bridgehead atoms. The lowest BCUT2D eigenvalue weighted by Crippen LogP contribution is -2.16. The van der Waals surface area contributed by atoms with E-state index in [0.29, 0.717) is 12.0 Å². The van der Waals surface area contributed by atoms with Gasteiger partial charge in [0.25, 0.3) is 0 Å². The summed E-state index contributed by atoms with van der Waals surface area (Å²) in [6, 6.07) is 23.0. The van der Waals surface area contributed by atoms with Crippen molar-refractivity contribution in [3.63, 3.8) is 0 Å². The summed E-state index contributed by atoms with van der Waals surface area (Å²) in [6.45, 7) is 0. The first kappa shape index (κ1) is 19.6. The summed E-state index contributed by atoms with van der Waals surface area (Å²) >= 11 is 7.02. The van der Waals surface area contributed by atoms with Gasteiger partial charge in [0, 0.05) is 26.6 Å². The number of hydrogen-bond acceptors (Lipinski definition) is 3. The number of carbonyl (C=O) groups excluding carboxylic acids is 1. The average molecular weight is 489 g/mol. The molecule has 3 aromatic rings. The van der Waals surface area contributed by atoms with Crippen molar-refractivity contribution in [3.8, 4) is 5.75 Å². The maximum Gasteiger partial charge on any atom is 0.165 e. The number of benzene rings is 3. The molecule has 3 nitrogen and oxygen atoms in total. The Labute approximate surface area is 176 Å². The Kier molecular flexibility index (Phi) is 6.69.